The van der Waals surface area contributed by atoms with Gasteiger partial charge in [-0.05, 0) is 32.2 Å². The number of nitrogens with two attached hydrogens (primary N) is 1. The molecule has 4 nitrogen and oxygen atoms in total. The number of nitrogens with zero attached hydrogens (tertiary/aromatic N) is 1. The van der Waals surface area contributed by atoms with Crippen LogP contribution in [0.1, 0.15) is 39.5 Å². The molecule has 1 aliphatic rings. The van der Waals surface area contributed by atoms with Gasteiger partial charge in [-0.2, -0.15) is 0 Å². The van der Waals surface area contributed by atoms with Crippen molar-refractivity contribution >= 4 is 5.91 Å². The Labute approximate surface area is 97.8 Å². The highest BCUT2D eigenvalue weighted by Crippen LogP contribution is 2.21. The predicted molar refractivity (Wildman–Crippen MR) is 63.9 cm³/mol. The van der Waals surface area contributed by atoms with Crippen LogP contribution in [0.25, 0.3) is 0 Å². The second kappa shape index (κ2) is 5.64. The van der Waals surface area contributed by atoms with E-state index in [0.717, 1.165) is 32.2 Å². The maximum absolute atomic E-state index is 11.1. The Morgan fingerprint density at radius 2 is 2.12 bits per heavy atom. The third kappa shape index (κ3) is 3.46. The highest BCUT2D eigenvalue weighted by Gasteiger charge is 2.30. The van der Waals surface area contributed by atoms with E-state index >= 15 is 0 Å². The lowest BCUT2D eigenvalue weighted by Crippen LogP contribution is -2.48. The molecule has 0 radical (unpaired) electrons. The largest absolute Gasteiger partial charge is 0.389 e. The number of piperidine rings is 1. The lowest BCUT2D eigenvalue weighted by atomic mass is 9.92. The Morgan fingerprint density at radius 1 is 1.50 bits per heavy atom. The van der Waals surface area contributed by atoms with Crippen molar-refractivity contribution in [2.24, 2.45) is 11.7 Å². The Balaban J connectivity index is 2.51. The summed E-state index contributed by atoms with van der Waals surface area (Å²) in [5.41, 5.74) is 4.72. The monoisotopic (exact) mass is 228 g/mol. The zero-order chi connectivity index (χ0) is 12.2. The van der Waals surface area contributed by atoms with Crippen molar-refractivity contribution in [1.82, 2.24) is 4.90 Å². The summed E-state index contributed by atoms with van der Waals surface area (Å²) < 4.78 is 0. The lowest BCUT2D eigenvalue weighted by molar-refractivity contribution is -0.124. The number of aliphatic hydroxyl groups is 1. The zero-order valence-corrected chi connectivity index (χ0v) is 10.4. The first-order chi connectivity index (χ1) is 7.50. The van der Waals surface area contributed by atoms with Crippen molar-refractivity contribution in [3.63, 3.8) is 0 Å². The van der Waals surface area contributed by atoms with Gasteiger partial charge in [-0.15, -0.1) is 0 Å². The number of carbonyl (C=O) groups is 1. The quantitative estimate of drug-likeness (QED) is 0.729. The molecule has 1 unspecified atom stereocenters. The summed E-state index contributed by atoms with van der Waals surface area (Å²) in [6.07, 6.45) is 3.39. The standard InChI is InChI=1S/C12H24N2O2/c1-3-12(16,4-2)9-14-7-5-6-10(8-14)11(13)15/h10,16H,3-9H2,1-2H3,(H2,13,15). The smallest absolute Gasteiger partial charge is 0.221 e. The van der Waals surface area contributed by atoms with E-state index in [2.05, 4.69) is 4.90 Å². The molecule has 94 valence electrons. The second-order valence-electron chi connectivity index (χ2n) is 4.91. The van der Waals surface area contributed by atoms with Gasteiger partial charge in [0.15, 0.2) is 0 Å². The summed E-state index contributed by atoms with van der Waals surface area (Å²) in [6.45, 7) is 6.32. The summed E-state index contributed by atoms with van der Waals surface area (Å²) in [5, 5.41) is 10.2. The van der Waals surface area contributed by atoms with E-state index in [0.29, 0.717) is 13.1 Å². The fourth-order valence-electron chi connectivity index (χ4n) is 2.32. The molecule has 0 aromatic carbocycles. The van der Waals surface area contributed by atoms with Gasteiger partial charge in [0.05, 0.1) is 11.5 Å². The predicted octanol–water partition coefficient (Wildman–Crippen LogP) is 0.735. The number of likely N-dealkylation sites (tertiary alicyclic amines) is 1. The molecule has 0 aromatic rings. The molecule has 1 rings (SSSR count). The first-order valence-electron chi connectivity index (χ1n) is 6.25. The number of primary amides is 1. The van der Waals surface area contributed by atoms with Crippen molar-refractivity contribution in [2.45, 2.75) is 45.1 Å². The van der Waals surface area contributed by atoms with Crippen molar-refractivity contribution < 1.29 is 9.90 Å². The van der Waals surface area contributed by atoms with Gasteiger partial charge in [0.1, 0.15) is 0 Å². The van der Waals surface area contributed by atoms with Gasteiger partial charge in [0.25, 0.3) is 0 Å². The molecule has 0 saturated carbocycles. The van der Waals surface area contributed by atoms with Crippen molar-refractivity contribution in [1.29, 1.82) is 0 Å². The number of rotatable bonds is 5. The summed E-state index contributed by atoms with van der Waals surface area (Å²) in [6, 6.07) is 0. The SMILES string of the molecule is CCC(O)(CC)CN1CCCC(C(N)=O)C1. The molecular formula is C12H24N2O2. The highest BCUT2D eigenvalue weighted by atomic mass is 16.3. The minimum Gasteiger partial charge on any atom is -0.389 e. The van der Waals surface area contributed by atoms with Crippen molar-refractivity contribution in [3.05, 3.63) is 0 Å². The summed E-state index contributed by atoms with van der Waals surface area (Å²) in [4.78, 5) is 13.3. The number of β-amino-alcohol motifs (C(OH)–C–C–N with tert-alkyl or cyclic N) is 1. The molecule has 0 aliphatic carbocycles. The average molecular weight is 228 g/mol. The normalized spacial score (nSPS) is 23.3. The molecule has 0 aromatic heterocycles. The van der Waals surface area contributed by atoms with E-state index in [1.807, 2.05) is 13.8 Å². The van der Waals surface area contributed by atoms with Crippen LogP contribution in [0, 0.1) is 5.92 Å². The fourth-order valence-corrected chi connectivity index (χ4v) is 2.32. The van der Waals surface area contributed by atoms with E-state index in [-0.39, 0.29) is 11.8 Å². The molecule has 1 atom stereocenters. The first kappa shape index (κ1) is 13.5. The minimum atomic E-state index is -0.612. The van der Waals surface area contributed by atoms with Crippen molar-refractivity contribution in [2.75, 3.05) is 19.6 Å². The highest BCUT2D eigenvalue weighted by molar-refractivity contribution is 5.76. The molecule has 1 saturated heterocycles. The van der Waals surface area contributed by atoms with Crippen LogP contribution >= 0.6 is 0 Å². The minimum absolute atomic E-state index is 0.0355. The van der Waals surface area contributed by atoms with Crippen LogP contribution in [-0.2, 0) is 4.79 Å². The van der Waals surface area contributed by atoms with Crippen LogP contribution in [0.4, 0.5) is 0 Å². The Morgan fingerprint density at radius 3 is 2.62 bits per heavy atom. The molecule has 1 aliphatic heterocycles. The van der Waals surface area contributed by atoms with Crippen LogP contribution in [0.15, 0.2) is 0 Å². The topological polar surface area (TPSA) is 66.6 Å². The lowest BCUT2D eigenvalue weighted by Gasteiger charge is -2.37. The number of hydrogen-bond acceptors (Lipinski definition) is 3. The maximum atomic E-state index is 11.1. The van der Waals surface area contributed by atoms with Crippen LogP contribution in [0.5, 0.6) is 0 Å². The summed E-state index contributed by atoms with van der Waals surface area (Å²) in [5.74, 6) is -0.243. The van der Waals surface area contributed by atoms with Crippen LogP contribution < -0.4 is 5.73 Å². The third-order valence-corrected chi connectivity index (χ3v) is 3.74. The van der Waals surface area contributed by atoms with Gasteiger partial charge >= 0.3 is 0 Å². The molecule has 0 bridgehead atoms. The van der Waals surface area contributed by atoms with E-state index in [1.54, 1.807) is 0 Å². The van der Waals surface area contributed by atoms with Gasteiger partial charge in [-0.25, -0.2) is 0 Å². The van der Waals surface area contributed by atoms with Gasteiger partial charge in [0.2, 0.25) is 5.91 Å². The van der Waals surface area contributed by atoms with Crippen LogP contribution in [0.3, 0.4) is 0 Å². The van der Waals surface area contributed by atoms with Gasteiger partial charge in [0, 0.05) is 13.1 Å². The molecule has 4 heteroatoms. The average Bonchev–Trinajstić information content (AvgIpc) is 2.29. The first-order valence-corrected chi connectivity index (χ1v) is 6.25. The van der Waals surface area contributed by atoms with E-state index in [4.69, 9.17) is 5.73 Å². The summed E-state index contributed by atoms with van der Waals surface area (Å²) >= 11 is 0. The molecule has 16 heavy (non-hydrogen) atoms. The Bertz CT molecular complexity index is 239. The second-order valence-corrected chi connectivity index (χ2v) is 4.91. The third-order valence-electron chi connectivity index (χ3n) is 3.74. The fraction of sp³-hybridized carbons (Fsp3) is 0.917. The zero-order valence-electron chi connectivity index (χ0n) is 10.4. The number of carbonyl (C=O) groups excluding carboxylic acids is 1. The van der Waals surface area contributed by atoms with E-state index < -0.39 is 5.60 Å². The van der Waals surface area contributed by atoms with E-state index in [1.165, 1.54) is 0 Å². The van der Waals surface area contributed by atoms with Crippen molar-refractivity contribution in [3.8, 4) is 0 Å². The van der Waals surface area contributed by atoms with Gasteiger partial charge in [-0.1, -0.05) is 13.8 Å². The molecule has 0 spiro atoms. The molecule has 1 heterocycles. The molecule has 3 N–H and O–H groups in total. The van der Waals surface area contributed by atoms with E-state index in [9.17, 15) is 9.90 Å². The Hall–Kier alpha value is -0.610. The van der Waals surface area contributed by atoms with Crippen LogP contribution in [-0.4, -0.2) is 41.1 Å². The number of hydrogen-bond donors (Lipinski definition) is 2. The maximum Gasteiger partial charge on any atom is 0.221 e. The van der Waals surface area contributed by atoms with Gasteiger partial charge in [-0.3, -0.25) is 9.69 Å². The Kier molecular flexibility index (Phi) is 4.74. The molecule has 1 amide bonds. The van der Waals surface area contributed by atoms with Crippen LogP contribution in [0.2, 0.25) is 0 Å². The molecular weight excluding hydrogens is 204 g/mol. The number of amides is 1. The summed E-state index contributed by atoms with van der Waals surface area (Å²) in [7, 11) is 0. The molecule has 1 fully saturated rings. The van der Waals surface area contributed by atoms with Gasteiger partial charge < -0.3 is 10.8 Å².